The lowest BCUT2D eigenvalue weighted by atomic mass is 9.75. The summed E-state index contributed by atoms with van der Waals surface area (Å²) in [5.74, 6) is 0. The zero-order valence-electron chi connectivity index (χ0n) is 32.3. The molecule has 0 saturated carbocycles. The quantitative estimate of drug-likeness (QED) is 0.181. The summed E-state index contributed by atoms with van der Waals surface area (Å²) < 4.78 is 4.91. The molecule has 0 radical (unpaired) electrons. The van der Waals surface area contributed by atoms with Crippen LogP contribution in [0.5, 0.6) is 0 Å². The van der Waals surface area contributed by atoms with Crippen LogP contribution < -0.4 is 4.90 Å². The average Bonchev–Trinajstić information content (AvgIpc) is 3.76. The van der Waals surface area contributed by atoms with E-state index in [2.05, 4.69) is 206 Å². The highest BCUT2D eigenvalue weighted by molar-refractivity contribution is 6.14. The smallest absolute Gasteiger partial charge is 0.0612 e. The predicted octanol–water partition coefficient (Wildman–Crippen LogP) is 13.1. The molecule has 0 amide bonds. The van der Waals surface area contributed by atoms with Gasteiger partial charge in [-0.2, -0.15) is 0 Å². The maximum atomic E-state index is 4.86. The minimum absolute atomic E-state index is 0.177. The number of aromatic nitrogens is 4. The Hall–Kier alpha value is -6.98. The third-order valence-corrected chi connectivity index (χ3v) is 13.0. The first kappa shape index (κ1) is 32.3. The van der Waals surface area contributed by atoms with Crippen LogP contribution in [0.1, 0.15) is 49.9 Å². The number of pyridine rings is 2. The molecule has 2 aliphatic heterocycles. The largest absolute Gasteiger partial charge is 0.310 e. The van der Waals surface area contributed by atoms with E-state index in [0.717, 1.165) is 17.1 Å². The van der Waals surface area contributed by atoms with Gasteiger partial charge < -0.3 is 14.0 Å². The molecule has 0 bridgehead atoms. The van der Waals surface area contributed by atoms with E-state index in [1.54, 1.807) is 0 Å². The molecule has 2 aliphatic rings. The van der Waals surface area contributed by atoms with Crippen LogP contribution in [-0.2, 0) is 10.8 Å². The molecule has 0 spiro atoms. The van der Waals surface area contributed by atoms with Crippen molar-refractivity contribution in [1.82, 2.24) is 19.1 Å². The van der Waals surface area contributed by atoms with Gasteiger partial charge in [-0.15, -0.1) is 0 Å². The molecule has 0 fully saturated rings. The number of benzene rings is 6. The fourth-order valence-corrected chi connectivity index (χ4v) is 10.2. The van der Waals surface area contributed by atoms with Crippen molar-refractivity contribution in [1.29, 1.82) is 0 Å². The van der Waals surface area contributed by atoms with Crippen LogP contribution in [0.15, 0.2) is 164 Å². The average molecular weight is 734 g/mol. The number of anilines is 3. The SMILES string of the molecule is CC1(C)c2ccccc2-n2c3ccc(N(c4ccc(-c5ccccc5)cc4)c4ccc5c(c4)c4cncc6c4n5-c4ccccc4C6(C)C)cc3c3cncc1c32. The van der Waals surface area contributed by atoms with E-state index in [9.17, 15) is 0 Å². The lowest BCUT2D eigenvalue weighted by molar-refractivity contribution is 0.627. The van der Waals surface area contributed by atoms with Crippen LogP contribution in [0.2, 0.25) is 0 Å². The van der Waals surface area contributed by atoms with Crippen LogP contribution in [-0.4, -0.2) is 19.1 Å². The van der Waals surface area contributed by atoms with E-state index in [1.807, 2.05) is 0 Å². The molecule has 57 heavy (non-hydrogen) atoms. The predicted molar refractivity (Wildman–Crippen MR) is 235 cm³/mol. The summed E-state index contributed by atoms with van der Waals surface area (Å²) in [6.07, 6.45) is 8.24. The van der Waals surface area contributed by atoms with Gasteiger partial charge in [0.1, 0.15) is 0 Å². The molecule has 4 aromatic heterocycles. The van der Waals surface area contributed by atoms with Gasteiger partial charge in [0, 0.05) is 85.4 Å². The van der Waals surface area contributed by atoms with Gasteiger partial charge in [-0.1, -0.05) is 107 Å². The Labute approximate surface area is 331 Å². The highest BCUT2D eigenvalue weighted by Gasteiger charge is 2.37. The molecule has 5 heteroatoms. The standard InChI is InChI=1S/C52H39N5/c1-51(2)41-14-8-10-16-47(41)56-45-24-22-35(26-37(45)39-28-53-30-43(51)49(39)56)55(34-20-18-33(19-21-34)32-12-6-5-7-13-32)36-23-25-46-38(27-36)40-29-54-31-44-50(40)57(46)48-17-11-9-15-42(48)52(44,3)4/h5-31H,1-4H3. The van der Waals surface area contributed by atoms with Gasteiger partial charge in [-0.05, 0) is 82.9 Å². The Morgan fingerprint density at radius 2 is 0.842 bits per heavy atom. The first-order chi connectivity index (χ1) is 27.8. The number of hydrogen-bond donors (Lipinski definition) is 0. The van der Waals surface area contributed by atoms with Crippen molar-refractivity contribution in [3.05, 3.63) is 187 Å². The second kappa shape index (κ2) is 11.3. The van der Waals surface area contributed by atoms with Crippen LogP contribution in [0.3, 0.4) is 0 Å². The van der Waals surface area contributed by atoms with Gasteiger partial charge in [-0.25, -0.2) is 0 Å². The first-order valence-electron chi connectivity index (χ1n) is 19.8. The normalized spacial score (nSPS) is 14.6. The van der Waals surface area contributed by atoms with Crippen molar-refractivity contribution < 1.29 is 0 Å². The van der Waals surface area contributed by atoms with Crippen molar-refractivity contribution in [2.24, 2.45) is 0 Å². The molecule has 0 N–H and O–H groups in total. The Balaban J connectivity index is 1.11. The van der Waals surface area contributed by atoms with Crippen molar-refractivity contribution in [3.8, 4) is 22.5 Å². The van der Waals surface area contributed by atoms with Crippen LogP contribution in [0.25, 0.3) is 66.1 Å². The second-order valence-corrected chi connectivity index (χ2v) is 16.8. The molecule has 5 nitrogen and oxygen atoms in total. The highest BCUT2D eigenvalue weighted by Crippen LogP contribution is 2.50. The third kappa shape index (κ3) is 4.29. The summed E-state index contributed by atoms with van der Waals surface area (Å²) in [6.45, 7) is 9.29. The molecule has 12 rings (SSSR count). The van der Waals surface area contributed by atoms with E-state index < -0.39 is 0 Å². The van der Waals surface area contributed by atoms with Crippen LogP contribution in [0.4, 0.5) is 17.1 Å². The minimum atomic E-state index is -0.177. The zero-order chi connectivity index (χ0) is 38.2. The molecule has 6 heterocycles. The number of para-hydroxylation sites is 2. The molecule has 6 aromatic carbocycles. The van der Waals surface area contributed by atoms with Gasteiger partial charge in [0.15, 0.2) is 0 Å². The number of nitrogens with zero attached hydrogens (tertiary/aromatic N) is 5. The maximum Gasteiger partial charge on any atom is 0.0612 e. The van der Waals surface area contributed by atoms with E-state index in [0.29, 0.717) is 0 Å². The summed E-state index contributed by atoms with van der Waals surface area (Å²) >= 11 is 0. The van der Waals surface area contributed by atoms with Crippen molar-refractivity contribution in [2.75, 3.05) is 4.90 Å². The van der Waals surface area contributed by atoms with Crippen LogP contribution in [0, 0.1) is 0 Å². The molecule has 0 aliphatic carbocycles. The maximum absolute atomic E-state index is 4.86. The van der Waals surface area contributed by atoms with Crippen molar-refractivity contribution >= 4 is 60.7 Å². The zero-order valence-corrected chi connectivity index (χ0v) is 32.3. The number of rotatable bonds is 4. The molecule has 272 valence electrons. The molecular weight excluding hydrogens is 695 g/mol. The lowest BCUT2D eigenvalue weighted by Crippen LogP contribution is -2.26. The fourth-order valence-electron chi connectivity index (χ4n) is 10.2. The molecule has 0 saturated heterocycles. The second-order valence-electron chi connectivity index (χ2n) is 16.8. The van der Waals surface area contributed by atoms with Crippen molar-refractivity contribution in [3.63, 3.8) is 0 Å². The molecule has 0 unspecified atom stereocenters. The summed E-state index contributed by atoms with van der Waals surface area (Å²) in [5.41, 5.74) is 17.7. The molecular formula is C52H39N5. The van der Waals surface area contributed by atoms with Crippen LogP contribution >= 0.6 is 0 Å². The first-order valence-corrected chi connectivity index (χ1v) is 19.8. The molecule has 10 aromatic rings. The van der Waals surface area contributed by atoms with E-state index >= 15 is 0 Å². The highest BCUT2D eigenvalue weighted by atomic mass is 15.1. The fraction of sp³-hybridized carbons (Fsp3) is 0.115. The van der Waals surface area contributed by atoms with Gasteiger partial charge in [-0.3, -0.25) is 9.97 Å². The van der Waals surface area contributed by atoms with E-state index in [4.69, 9.17) is 9.97 Å². The summed E-state index contributed by atoms with van der Waals surface area (Å²) in [7, 11) is 0. The van der Waals surface area contributed by atoms with Gasteiger partial charge in [0.05, 0.1) is 33.4 Å². The summed E-state index contributed by atoms with van der Waals surface area (Å²) in [6, 6.07) is 51.2. The Kier molecular flexibility index (Phi) is 6.40. The topological polar surface area (TPSA) is 38.9 Å². The number of fused-ring (bicyclic) bond motifs is 10. The van der Waals surface area contributed by atoms with Gasteiger partial charge >= 0.3 is 0 Å². The summed E-state index contributed by atoms with van der Waals surface area (Å²) in [5, 5.41) is 4.71. The van der Waals surface area contributed by atoms with Crippen molar-refractivity contribution in [2.45, 2.75) is 38.5 Å². The number of hydrogen-bond acceptors (Lipinski definition) is 3. The lowest BCUT2D eigenvalue weighted by Gasteiger charge is -2.34. The van der Waals surface area contributed by atoms with E-state index in [1.165, 1.54) is 88.4 Å². The van der Waals surface area contributed by atoms with Gasteiger partial charge in [0.2, 0.25) is 0 Å². The Bertz CT molecular complexity index is 3110. The summed E-state index contributed by atoms with van der Waals surface area (Å²) in [4.78, 5) is 12.1. The Morgan fingerprint density at radius 3 is 1.35 bits per heavy atom. The monoisotopic (exact) mass is 733 g/mol. The Morgan fingerprint density at radius 1 is 0.404 bits per heavy atom. The molecule has 0 atom stereocenters. The minimum Gasteiger partial charge on any atom is -0.310 e. The van der Waals surface area contributed by atoms with E-state index in [-0.39, 0.29) is 10.8 Å². The van der Waals surface area contributed by atoms with Gasteiger partial charge in [0.25, 0.3) is 0 Å². The third-order valence-electron chi connectivity index (χ3n) is 13.0.